The van der Waals surface area contributed by atoms with Gasteiger partial charge in [-0.3, -0.25) is 0 Å². The molecule has 108 valence electrons. The van der Waals surface area contributed by atoms with Crippen LogP contribution in [0.3, 0.4) is 0 Å². The highest BCUT2D eigenvalue weighted by Crippen LogP contribution is 2.24. The van der Waals surface area contributed by atoms with Crippen LogP contribution in [-0.4, -0.2) is 28.9 Å². The lowest BCUT2D eigenvalue weighted by Gasteiger charge is -2.15. The average molecular weight is 413 g/mol. The van der Waals surface area contributed by atoms with E-state index in [1.807, 2.05) is 29.5 Å². The maximum atomic E-state index is 12.6. The Labute approximate surface area is 125 Å². The standard InChI is InChI=1S/C10H10ClF4IN2O/c1-2-5-7(16)8(11)18-6(17-5)3-19-4-10(14,15)9(12)13/h9H,2-4H2,1H3. The molecular weight excluding hydrogens is 402 g/mol. The predicted octanol–water partition coefficient (Wildman–Crippen LogP) is 3.71. The van der Waals surface area contributed by atoms with Gasteiger partial charge in [0.25, 0.3) is 0 Å². The Bertz CT molecular complexity index is 448. The summed E-state index contributed by atoms with van der Waals surface area (Å²) in [5.41, 5.74) is 0.653. The molecule has 0 saturated carbocycles. The predicted molar refractivity (Wildman–Crippen MR) is 69.7 cm³/mol. The van der Waals surface area contributed by atoms with Crippen LogP contribution in [0.1, 0.15) is 18.4 Å². The number of aryl methyl sites for hydroxylation is 1. The van der Waals surface area contributed by atoms with E-state index < -0.39 is 25.6 Å². The van der Waals surface area contributed by atoms with E-state index in [1.165, 1.54) is 0 Å². The number of hydrogen-bond acceptors (Lipinski definition) is 3. The summed E-state index contributed by atoms with van der Waals surface area (Å²) in [6.07, 6.45) is -3.18. The highest BCUT2D eigenvalue weighted by atomic mass is 127. The molecule has 0 N–H and O–H groups in total. The Morgan fingerprint density at radius 2 is 2.00 bits per heavy atom. The molecule has 0 aliphatic rings. The van der Waals surface area contributed by atoms with E-state index in [2.05, 4.69) is 14.7 Å². The molecule has 0 amide bonds. The summed E-state index contributed by atoms with van der Waals surface area (Å²) in [4.78, 5) is 7.89. The zero-order chi connectivity index (χ0) is 14.6. The van der Waals surface area contributed by atoms with Crippen LogP contribution in [0.4, 0.5) is 17.6 Å². The molecule has 0 fully saturated rings. The number of rotatable bonds is 6. The van der Waals surface area contributed by atoms with Crippen LogP contribution < -0.4 is 0 Å². The van der Waals surface area contributed by atoms with Gasteiger partial charge in [-0.1, -0.05) is 18.5 Å². The summed E-state index contributed by atoms with van der Waals surface area (Å²) in [5.74, 6) is -4.09. The highest BCUT2D eigenvalue weighted by molar-refractivity contribution is 14.1. The molecule has 9 heteroatoms. The maximum Gasteiger partial charge on any atom is 0.330 e. The van der Waals surface area contributed by atoms with Gasteiger partial charge < -0.3 is 4.74 Å². The summed E-state index contributed by atoms with van der Waals surface area (Å²) < 4.78 is 54.2. The number of halogens is 6. The van der Waals surface area contributed by atoms with E-state index >= 15 is 0 Å². The van der Waals surface area contributed by atoms with Crippen molar-refractivity contribution in [3.05, 3.63) is 20.2 Å². The molecule has 0 aliphatic carbocycles. The molecule has 1 heterocycles. The van der Waals surface area contributed by atoms with Crippen molar-refractivity contribution in [3.8, 4) is 0 Å². The van der Waals surface area contributed by atoms with E-state index in [0.717, 1.165) is 0 Å². The van der Waals surface area contributed by atoms with Crippen molar-refractivity contribution in [2.24, 2.45) is 0 Å². The van der Waals surface area contributed by atoms with Gasteiger partial charge in [0.15, 0.2) is 5.82 Å². The molecule has 0 atom stereocenters. The van der Waals surface area contributed by atoms with E-state index in [1.54, 1.807) is 0 Å². The Hall–Kier alpha value is -0.220. The molecule has 0 unspecified atom stereocenters. The Kier molecular flexibility index (Phi) is 6.18. The second-order valence-corrected chi connectivity index (χ2v) is 5.04. The van der Waals surface area contributed by atoms with Crippen molar-refractivity contribution in [2.75, 3.05) is 6.61 Å². The molecule has 3 nitrogen and oxygen atoms in total. The van der Waals surface area contributed by atoms with Gasteiger partial charge in [-0.05, 0) is 29.0 Å². The fraction of sp³-hybridized carbons (Fsp3) is 0.600. The quantitative estimate of drug-likeness (QED) is 0.406. The fourth-order valence-electron chi connectivity index (χ4n) is 1.15. The van der Waals surface area contributed by atoms with Crippen molar-refractivity contribution < 1.29 is 22.3 Å². The fourth-order valence-corrected chi connectivity index (χ4v) is 1.98. The first kappa shape index (κ1) is 16.8. The number of ether oxygens (including phenoxy) is 1. The van der Waals surface area contributed by atoms with Crippen molar-refractivity contribution in [3.63, 3.8) is 0 Å². The maximum absolute atomic E-state index is 12.6. The Morgan fingerprint density at radius 3 is 2.53 bits per heavy atom. The van der Waals surface area contributed by atoms with E-state index in [9.17, 15) is 17.6 Å². The van der Waals surface area contributed by atoms with E-state index in [-0.39, 0.29) is 11.0 Å². The molecule has 0 aromatic carbocycles. The third-order valence-electron chi connectivity index (χ3n) is 2.11. The van der Waals surface area contributed by atoms with Crippen LogP contribution in [0, 0.1) is 3.57 Å². The SMILES string of the molecule is CCc1nc(COCC(F)(F)C(F)F)nc(Cl)c1I. The lowest BCUT2D eigenvalue weighted by atomic mass is 10.3. The summed E-state index contributed by atoms with van der Waals surface area (Å²) in [5, 5.41) is 0.187. The van der Waals surface area contributed by atoms with E-state index in [4.69, 9.17) is 11.6 Å². The number of alkyl halides is 4. The molecule has 0 bridgehead atoms. The van der Waals surface area contributed by atoms with Gasteiger partial charge in [-0.15, -0.1) is 0 Å². The number of hydrogen-bond donors (Lipinski definition) is 0. The average Bonchev–Trinajstić information content (AvgIpc) is 2.33. The lowest BCUT2D eigenvalue weighted by Crippen LogP contribution is -2.32. The topological polar surface area (TPSA) is 35.0 Å². The van der Waals surface area contributed by atoms with Crippen LogP contribution in [-0.2, 0) is 17.8 Å². The first-order valence-corrected chi connectivity index (χ1v) is 6.68. The number of aromatic nitrogens is 2. The minimum atomic E-state index is -4.18. The lowest BCUT2D eigenvalue weighted by molar-refractivity contribution is -0.168. The highest BCUT2D eigenvalue weighted by Gasteiger charge is 2.41. The molecule has 0 radical (unpaired) electrons. The molecule has 0 saturated heterocycles. The molecule has 0 spiro atoms. The normalized spacial score (nSPS) is 12.2. The van der Waals surface area contributed by atoms with E-state index in [0.29, 0.717) is 15.7 Å². The van der Waals surface area contributed by atoms with Gasteiger partial charge in [0.1, 0.15) is 18.4 Å². The van der Waals surface area contributed by atoms with Crippen molar-refractivity contribution in [1.82, 2.24) is 9.97 Å². The Balaban J connectivity index is 2.67. The second kappa shape index (κ2) is 6.98. The van der Waals surface area contributed by atoms with Gasteiger partial charge in [-0.25, -0.2) is 18.7 Å². The summed E-state index contributed by atoms with van der Waals surface area (Å²) in [6.45, 7) is 0.0570. The third-order valence-corrected chi connectivity index (χ3v) is 3.83. The monoisotopic (exact) mass is 412 g/mol. The molecule has 1 aromatic heterocycles. The minimum Gasteiger partial charge on any atom is -0.367 e. The second-order valence-electron chi connectivity index (χ2n) is 3.60. The summed E-state index contributed by atoms with van der Waals surface area (Å²) in [7, 11) is 0. The first-order chi connectivity index (χ1) is 8.77. The molecule has 0 aliphatic heterocycles. The summed E-state index contributed by atoms with van der Waals surface area (Å²) in [6, 6.07) is 0. The van der Waals surface area contributed by atoms with Crippen LogP contribution >= 0.6 is 34.2 Å². The van der Waals surface area contributed by atoms with Crippen molar-refractivity contribution in [1.29, 1.82) is 0 Å². The largest absolute Gasteiger partial charge is 0.367 e. The molecular formula is C10H10ClF4IN2O. The van der Waals surface area contributed by atoms with Crippen molar-refractivity contribution >= 4 is 34.2 Å². The van der Waals surface area contributed by atoms with Gasteiger partial charge >= 0.3 is 12.3 Å². The van der Waals surface area contributed by atoms with Crippen LogP contribution in [0.5, 0.6) is 0 Å². The molecule has 19 heavy (non-hydrogen) atoms. The minimum absolute atomic E-state index is 0.0901. The zero-order valence-corrected chi connectivity index (χ0v) is 12.7. The van der Waals surface area contributed by atoms with Gasteiger partial charge in [0.2, 0.25) is 0 Å². The first-order valence-electron chi connectivity index (χ1n) is 5.22. The number of nitrogens with zero attached hydrogens (tertiary/aromatic N) is 2. The van der Waals surface area contributed by atoms with Crippen LogP contribution in [0.2, 0.25) is 5.15 Å². The van der Waals surface area contributed by atoms with Crippen molar-refractivity contribution in [2.45, 2.75) is 32.3 Å². The van der Waals surface area contributed by atoms with Gasteiger partial charge in [0, 0.05) is 0 Å². The van der Waals surface area contributed by atoms with Gasteiger partial charge in [0.05, 0.1) is 9.26 Å². The molecule has 1 rings (SSSR count). The molecule has 1 aromatic rings. The van der Waals surface area contributed by atoms with Gasteiger partial charge in [-0.2, -0.15) is 8.78 Å². The Morgan fingerprint density at radius 1 is 1.37 bits per heavy atom. The van der Waals surface area contributed by atoms with Crippen LogP contribution in [0.25, 0.3) is 0 Å². The summed E-state index contributed by atoms with van der Waals surface area (Å²) >= 11 is 7.80. The zero-order valence-electron chi connectivity index (χ0n) is 9.77. The third kappa shape index (κ3) is 4.67. The van der Waals surface area contributed by atoms with Crippen LogP contribution in [0.15, 0.2) is 0 Å². The smallest absolute Gasteiger partial charge is 0.330 e.